The van der Waals surface area contributed by atoms with E-state index >= 15 is 0 Å². The van der Waals surface area contributed by atoms with Crippen LogP contribution in [0.1, 0.15) is 55.6 Å². The molecule has 0 saturated carbocycles. The minimum absolute atomic E-state index is 0.132. The van der Waals surface area contributed by atoms with E-state index in [2.05, 4.69) is 85.4 Å². The normalized spacial score (nSPS) is 14.4. The quantitative estimate of drug-likeness (QED) is 0.0944. The molecule has 0 atom stereocenters. The zero-order chi connectivity index (χ0) is 44.7. The van der Waals surface area contributed by atoms with Gasteiger partial charge in [0, 0.05) is 33.4 Å². The first kappa shape index (κ1) is 41.6. The Morgan fingerprint density at radius 1 is 0.452 bits per heavy atom. The van der Waals surface area contributed by atoms with E-state index < -0.39 is 16.1 Å². The first-order valence-corrected chi connectivity index (χ1v) is 26.5. The molecule has 0 unspecified atom stereocenters. The van der Waals surface area contributed by atoms with Gasteiger partial charge in [-0.05, 0) is 63.7 Å². The summed E-state index contributed by atoms with van der Waals surface area (Å²) in [6.45, 7) is 28.9. The van der Waals surface area contributed by atoms with E-state index in [0.29, 0.717) is 66.8 Å². The number of nitriles is 6. The number of benzene rings is 5. The molecule has 5 aromatic rings. The van der Waals surface area contributed by atoms with Crippen molar-refractivity contribution in [1.82, 2.24) is 0 Å². The van der Waals surface area contributed by atoms with E-state index in [1.54, 1.807) is 36.4 Å². The highest BCUT2D eigenvalue weighted by molar-refractivity contribution is 6.89. The Kier molecular flexibility index (Phi) is 10.6. The lowest BCUT2D eigenvalue weighted by atomic mass is 9.87. The second kappa shape index (κ2) is 15.9. The van der Waals surface area contributed by atoms with Crippen LogP contribution in [-0.4, -0.2) is 16.1 Å². The van der Waals surface area contributed by atoms with Crippen molar-refractivity contribution in [3.8, 4) is 36.4 Å². The van der Waals surface area contributed by atoms with E-state index in [9.17, 15) is 31.6 Å². The Hall–Kier alpha value is -8.59. The standard InChI is InChI=1S/C52H34N8Si2/c1-59-37-20-36(21-38(22-37)60-2)46(28-56)52-44-24-41-43(23-42(44)48(30-58)50(52)34-11-15-40(16-12-34)62(6,7)8)51(45(27-55)35-18-31(25-53)17-32(19-35)26-54)49(47(41)29-57)33-9-13-39(14-10-33)61(3,4)5/h9-24H,3-8H3/b51-45-,52-46-. The van der Waals surface area contributed by atoms with Crippen molar-refractivity contribution in [1.29, 1.82) is 31.6 Å². The van der Waals surface area contributed by atoms with Gasteiger partial charge >= 0.3 is 0 Å². The van der Waals surface area contributed by atoms with Crippen molar-refractivity contribution in [3.63, 3.8) is 0 Å². The van der Waals surface area contributed by atoms with Crippen LogP contribution in [0.5, 0.6) is 0 Å². The molecule has 0 amide bonds. The van der Waals surface area contributed by atoms with Crippen LogP contribution in [0.15, 0.2) is 97.1 Å². The third-order valence-corrected chi connectivity index (χ3v) is 15.3. The van der Waals surface area contributed by atoms with Crippen molar-refractivity contribution < 1.29 is 0 Å². The second-order valence-electron chi connectivity index (χ2n) is 17.0. The lowest BCUT2D eigenvalue weighted by Crippen LogP contribution is -2.37. The average Bonchev–Trinajstić information content (AvgIpc) is 3.76. The van der Waals surface area contributed by atoms with Gasteiger partial charge in [0.2, 0.25) is 0 Å². The molecular formula is C52H34N8Si2. The number of fused-ring (bicyclic) bond motifs is 2. The Morgan fingerprint density at radius 2 is 0.823 bits per heavy atom. The molecule has 290 valence electrons. The van der Waals surface area contributed by atoms with Crippen molar-refractivity contribution in [2.75, 3.05) is 0 Å². The van der Waals surface area contributed by atoms with Crippen LogP contribution < -0.4 is 10.4 Å². The van der Waals surface area contributed by atoms with Gasteiger partial charge in [-0.2, -0.15) is 31.6 Å². The van der Waals surface area contributed by atoms with Gasteiger partial charge in [0.15, 0.2) is 11.4 Å². The summed E-state index contributed by atoms with van der Waals surface area (Å²) in [5, 5.41) is 66.7. The number of allylic oxidation sites excluding steroid dienone is 8. The lowest BCUT2D eigenvalue weighted by Gasteiger charge is -2.18. The highest BCUT2D eigenvalue weighted by atomic mass is 28.3. The average molecular weight is 827 g/mol. The van der Waals surface area contributed by atoms with Gasteiger partial charge in [0.05, 0.1) is 74.8 Å². The van der Waals surface area contributed by atoms with E-state index in [1.807, 2.05) is 48.5 Å². The minimum atomic E-state index is -1.74. The molecule has 0 N–H and O–H groups in total. The van der Waals surface area contributed by atoms with Gasteiger partial charge in [0.1, 0.15) is 24.3 Å². The van der Waals surface area contributed by atoms with Crippen molar-refractivity contribution in [2.24, 2.45) is 0 Å². The maximum Gasteiger partial charge on any atom is 0.177 e. The summed E-state index contributed by atoms with van der Waals surface area (Å²) in [6.07, 6.45) is 0. The molecule has 10 heteroatoms. The Labute approximate surface area is 363 Å². The molecule has 0 spiro atoms. The molecule has 0 radical (unpaired) electrons. The number of hydrogen-bond acceptors (Lipinski definition) is 6. The molecule has 2 aliphatic rings. The van der Waals surface area contributed by atoms with E-state index in [-0.39, 0.29) is 44.8 Å². The van der Waals surface area contributed by atoms with Crippen LogP contribution >= 0.6 is 0 Å². The van der Waals surface area contributed by atoms with Crippen LogP contribution in [0.25, 0.3) is 54.3 Å². The second-order valence-corrected chi connectivity index (χ2v) is 27.2. The summed E-state index contributed by atoms with van der Waals surface area (Å²) in [5.74, 6) is 0. The van der Waals surface area contributed by atoms with E-state index in [1.165, 1.54) is 22.5 Å². The molecule has 0 heterocycles. The van der Waals surface area contributed by atoms with Crippen LogP contribution in [0.4, 0.5) is 11.4 Å². The molecule has 2 aliphatic carbocycles. The predicted octanol–water partition coefficient (Wildman–Crippen LogP) is 11.4. The van der Waals surface area contributed by atoms with Crippen LogP contribution in [0.2, 0.25) is 39.3 Å². The molecule has 0 aliphatic heterocycles. The summed E-state index contributed by atoms with van der Waals surface area (Å²) in [5.41, 5.74) is 7.26. The summed E-state index contributed by atoms with van der Waals surface area (Å²) in [7, 11) is -3.48. The first-order valence-electron chi connectivity index (χ1n) is 19.5. The Bertz CT molecular complexity index is 3020. The topological polar surface area (TPSA) is 151 Å². The van der Waals surface area contributed by atoms with Gasteiger partial charge in [0.25, 0.3) is 0 Å². The smallest absolute Gasteiger partial charge is 0.177 e. The zero-order valence-corrected chi connectivity index (χ0v) is 36.8. The number of rotatable bonds is 6. The fraction of sp³-hybridized carbons (Fsp3) is 0.115. The van der Waals surface area contributed by atoms with E-state index in [4.69, 9.17) is 13.1 Å². The third kappa shape index (κ3) is 7.13. The highest BCUT2D eigenvalue weighted by Crippen LogP contribution is 2.56. The number of nitrogens with zero attached hydrogens (tertiary/aromatic N) is 8. The summed E-state index contributed by atoms with van der Waals surface area (Å²) in [6, 6.07) is 42.5. The molecule has 7 rings (SSSR count). The maximum atomic E-state index is 11.1. The number of hydrogen-bond donors (Lipinski definition) is 0. The maximum absolute atomic E-state index is 11.1. The minimum Gasteiger partial charge on any atom is -0.239 e. The molecule has 0 saturated heterocycles. The fourth-order valence-corrected chi connectivity index (χ4v) is 10.5. The molecule has 8 nitrogen and oxygen atoms in total. The van der Waals surface area contributed by atoms with Crippen LogP contribution in [0.3, 0.4) is 0 Å². The SMILES string of the molecule is [C-]#[N+]c1cc([N+]#[C-])cc(/C(C#N)=C2\C(c3ccc([Si](C)(C)C)cc3)=C(C#N)c3cc4c(cc32)C(C#N)=C(c2ccc([Si](C)(C)C)cc2)/C4=C(/C#N)c2cc(C#N)cc(C#N)c2)c1. The van der Waals surface area contributed by atoms with Gasteiger partial charge < -0.3 is 0 Å². The van der Waals surface area contributed by atoms with Gasteiger partial charge in [-0.3, -0.25) is 0 Å². The van der Waals surface area contributed by atoms with Gasteiger partial charge in [-0.25, -0.2) is 9.69 Å². The van der Waals surface area contributed by atoms with Crippen molar-refractivity contribution >= 4 is 82.5 Å². The summed E-state index contributed by atoms with van der Waals surface area (Å²) in [4.78, 5) is 7.16. The van der Waals surface area contributed by atoms with Crippen LogP contribution in [0, 0.1) is 81.1 Å². The third-order valence-electron chi connectivity index (χ3n) is 11.2. The molecule has 0 bridgehead atoms. The van der Waals surface area contributed by atoms with Crippen LogP contribution in [-0.2, 0) is 0 Å². The monoisotopic (exact) mass is 826 g/mol. The molecule has 0 aromatic heterocycles. The van der Waals surface area contributed by atoms with Crippen molar-refractivity contribution in [3.05, 3.63) is 176 Å². The van der Waals surface area contributed by atoms with E-state index in [0.717, 1.165) is 0 Å². The summed E-state index contributed by atoms with van der Waals surface area (Å²) < 4.78 is 0. The van der Waals surface area contributed by atoms with Gasteiger partial charge in [-0.1, -0.05) is 116 Å². The first-order chi connectivity index (χ1) is 29.6. The molecule has 5 aromatic carbocycles. The Morgan fingerprint density at radius 3 is 1.13 bits per heavy atom. The Balaban J connectivity index is 1.65. The lowest BCUT2D eigenvalue weighted by molar-refractivity contribution is 1.43. The van der Waals surface area contributed by atoms with Gasteiger partial charge in [-0.15, -0.1) is 0 Å². The highest BCUT2D eigenvalue weighted by Gasteiger charge is 2.38. The largest absolute Gasteiger partial charge is 0.239 e. The predicted molar refractivity (Wildman–Crippen MR) is 250 cm³/mol. The zero-order valence-electron chi connectivity index (χ0n) is 34.8. The summed E-state index contributed by atoms with van der Waals surface area (Å²) >= 11 is 0. The van der Waals surface area contributed by atoms with Crippen molar-refractivity contribution in [2.45, 2.75) is 39.3 Å². The fourth-order valence-electron chi connectivity index (χ4n) is 8.12. The molecular weight excluding hydrogens is 793 g/mol. The molecule has 0 fully saturated rings. The molecule has 62 heavy (non-hydrogen) atoms.